The fraction of sp³-hybridized carbons (Fsp3) is 0.455. The largest absolute Gasteiger partial charge is 0.335 e. The van der Waals surface area contributed by atoms with E-state index in [-0.39, 0.29) is 11.8 Å². The number of amides is 2. The molecule has 0 N–H and O–H groups in total. The first kappa shape index (κ1) is 19.2. The summed E-state index contributed by atoms with van der Waals surface area (Å²) in [6.45, 7) is 5.68. The fourth-order valence-corrected chi connectivity index (χ4v) is 4.67. The van der Waals surface area contributed by atoms with Crippen LogP contribution in [0.2, 0.25) is 0 Å². The molecular weight excluding hydrogens is 370 g/mol. The molecule has 2 fully saturated rings. The van der Waals surface area contributed by atoms with Gasteiger partial charge in [-0.05, 0) is 55.1 Å². The number of carbonyl (C=O) groups excluding carboxylic acids is 2. The minimum Gasteiger partial charge on any atom is -0.335 e. The molecule has 2 amide bonds. The Kier molecular flexibility index (Phi) is 6.07. The third-order valence-electron chi connectivity index (χ3n) is 5.64. The number of likely N-dealkylation sites (tertiary alicyclic amines) is 1. The van der Waals surface area contributed by atoms with Crippen molar-refractivity contribution < 1.29 is 9.59 Å². The van der Waals surface area contributed by atoms with E-state index in [0.717, 1.165) is 17.0 Å². The van der Waals surface area contributed by atoms with Gasteiger partial charge in [-0.15, -0.1) is 11.3 Å². The Bertz CT molecular complexity index is 790. The van der Waals surface area contributed by atoms with E-state index in [1.165, 1.54) is 49.3 Å². The van der Waals surface area contributed by atoms with Crippen LogP contribution < -0.4 is 0 Å². The number of piperazine rings is 1. The zero-order valence-electron chi connectivity index (χ0n) is 16.2. The predicted octanol–water partition coefficient (Wildman–Crippen LogP) is 3.33. The molecule has 2 aliphatic heterocycles. The molecule has 28 heavy (non-hydrogen) atoms. The normalized spacial score (nSPS) is 18.3. The number of nitrogens with zero attached hydrogens (tertiary/aromatic N) is 3. The molecule has 1 aromatic heterocycles. The fourth-order valence-electron chi connectivity index (χ4n) is 3.98. The molecule has 0 saturated carbocycles. The average Bonchev–Trinajstić information content (AvgIpc) is 3.29. The van der Waals surface area contributed by atoms with Gasteiger partial charge in [-0.1, -0.05) is 24.6 Å². The van der Waals surface area contributed by atoms with Crippen molar-refractivity contribution in [3.8, 4) is 0 Å². The van der Waals surface area contributed by atoms with E-state index >= 15 is 0 Å². The van der Waals surface area contributed by atoms with Crippen LogP contribution in [0.15, 0.2) is 41.8 Å². The van der Waals surface area contributed by atoms with E-state index in [1.54, 1.807) is 0 Å². The van der Waals surface area contributed by atoms with Crippen LogP contribution in [-0.2, 0) is 6.54 Å². The molecule has 2 aromatic rings. The van der Waals surface area contributed by atoms with Crippen LogP contribution >= 0.6 is 11.3 Å². The van der Waals surface area contributed by atoms with E-state index in [0.29, 0.717) is 26.2 Å². The lowest BCUT2D eigenvalue weighted by molar-refractivity contribution is 0.0538. The van der Waals surface area contributed by atoms with Crippen LogP contribution in [0.3, 0.4) is 0 Å². The summed E-state index contributed by atoms with van der Waals surface area (Å²) in [5, 5.41) is 1.92. The first-order chi connectivity index (χ1) is 13.7. The van der Waals surface area contributed by atoms with Crippen molar-refractivity contribution in [2.75, 3.05) is 39.3 Å². The first-order valence-electron chi connectivity index (χ1n) is 10.1. The molecule has 3 heterocycles. The second kappa shape index (κ2) is 8.88. The SMILES string of the molecule is O=C(c1ccc(CN2CCCCC2)cc1)N1CCN(C(=O)c2cccs2)CC1. The molecule has 2 saturated heterocycles. The number of benzene rings is 1. The number of carbonyl (C=O) groups is 2. The van der Waals surface area contributed by atoms with Gasteiger partial charge < -0.3 is 9.80 Å². The molecule has 4 rings (SSSR count). The van der Waals surface area contributed by atoms with Gasteiger partial charge in [-0.2, -0.15) is 0 Å². The van der Waals surface area contributed by atoms with Crippen molar-refractivity contribution in [3.63, 3.8) is 0 Å². The number of rotatable bonds is 4. The van der Waals surface area contributed by atoms with Crippen molar-refractivity contribution in [3.05, 3.63) is 57.8 Å². The second-order valence-corrected chi connectivity index (χ2v) is 8.54. The topological polar surface area (TPSA) is 43.9 Å². The summed E-state index contributed by atoms with van der Waals surface area (Å²) in [5.74, 6) is 0.136. The Labute approximate surface area is 170 Å². The quantitative estimate of drug-likeness (QED) is 0.795. The standard InChI is InChI=1S/C22H27N3O2S/c26-21(19-8-6-18(7-9-19)17-23-10-2-1-3-11-23)24-12-14-25(15-13-24)22(27)20-5-4-16-28-20/h4-9,16H,1-3,10-15,17H2. The molecule has 5 nitrogen and oxygen atoms in total. The zero-order chi connectivity index (χ0) is 19.3. The third-order valence-corrected chi connectivity index (χ3v) is 6.50. The second-order valence-electron chi connectivity index (χ2n) is 7.60. The minimum atomic E-state index is 0.0627. The van der Waals surface area contributed by atoms with Crippen molar-refractivity contribution in [1.29, 1.82) is 0 Å². The first-order valence-corrected chi connectivity index (χ1v) is 11.0. The molecule has 0 unspecified atom stereocenters. The van der Waals surface area contributed by atoms with E-state index in [4.69, 9.17) is 0 Å². The summed E-state index contributed by atoms with van der Waals surface area (Å²) < 4.78 is 0. The van der Waals surface area contributed by atoms with Gasteiger partial charge in [0.2, 0.25) is 0 Å². The molecule has 0 atom stereocenters. The van der Waals surface area contributed by atoms with Gasteiger partial charge in [-0.3, -0.25) is 14.5 Å². The van der Waals surface area contributed by atoms with Crippen LogP contribution in [0.1, 0.15) is 44.9 Å². The molecule has 148 valence electrons. The molecule has 1 aromatic carbocycles. The van der Waals surface area contributed by atoms with E-state index in [9.17, 15) is 9.59 Å². The summed E-state index contributed by atoms with van der Waals surface area (Å²) in [6, 6.07) is 11.8. The van der Waals surface area contributed by atoms with Crippen molar-refractivity contribution >= 4 is 23.2 Å². The lowest BCUT2D eigenvalue weighted by Crippen LogP contribution is -2.50. The highest BCUT2D eigenvalue weighted by Crippen LogP contribution is 2.17. The summed E-state index contributed by atoms with van der Waals surface area (Å²) in [7, 11) is 0. The van der Waals surface area contributed by atoms with E-state index in [2.05, 4.69) is 17.0 Å². The summed E-state index contributed by atoms with van der Waals surface area (Å²) >= 11 is 1.47. The third kappa shape index (κ3) is 4.45. The number of piperidine rings is 1. The molecule has 0 spiro atoms. The van der Waals surface area contributed by atoms with Gasteiger partial charge >= 0.3 is 0 Å². The summed E-state index contributed by atoms with van der Waals surface area (Å²) in [4.78, 5) is 32.2. The number of hydrogen-bond acceptors (Lipinski definition) is 4. The van der Waals surface area contributed by atoms with Gasteiger partial charge in [0.05, 0.1) is 4.88 Å². The van der Waals surface area contributed by atoms with Gasteiger partial charge in [0, 0.05) is 38.3 Å². The van der Waals surface area contributed by atoms with Gasteiger partial charge in [0.1, 0.15) is 0 Å². The Hall–Kier alpha value is -2.18. The highest BCUT2D eigenvalue weighted by Gasteiger charge is 2.25. The summed E-state index contributed by atoms with van der Waals surface area (Å²) in [5.41, 5.74) is 2.00. The maximum Gasteiger partial charge on any atom is 0.264 e. The van der Waals surface area contributed by atoms with Crippen molar-refractivity contribution in [1.82, 2.24) is 14.7 Å². The monoisotopic (exact) mass is 397 g/mol. The maximum atomic E-state index is 12.8. The number of hydrogen-bond donors (Lipinski definition) is 0. The van der Waals surface area contributed by atoms with Gasteiger partial charge in [0.25, 0.3) is 11.8 Å². The smallest absolute Gasteiger partial charge is 0.264 e. The molecule has 0 radical (unpaired) electrons. The molecule has 6 heteroatoms. The predicted molar refractivity (Wildman–Crippen MR) is 112 cm³/mol. The van der Waals surface area contributed by atoms with E-state index < -0.39 is 0 Å². The highest BCUT2D eigenvalue weighted by atomic mass is 32.1. The lowest BCUT2D eigenvalue weighted by Gasteiger charge is -2.34. The molecular formula is C22H27N3O2S. The average molecular weight is 398 g/mol. The molecule has 0 bridgehead atoms. The van der Waals surface area contributed by atoms with Crippen molar-refractivity contribution in [2.24, 2.45) is 0 Å². The highest BCUT2D eigenvalue weighted by molar-refractivity contribution is 7.12. The van der Waals surface area contributed by atoms with Crippen LogP contribution in [0.4, 0.5) is 0 Å². The molecule has 0 aliphatic carbocycles. The Morgan fingerprint density at radius 2 is 1.43 bits per heavy atom. The Morgan fingerprint density at radius 3 is 2.04 bits per heavy atom. The van der Waals surface area contributed by atoms with Crippen LogP contribution in [-0.4, -0.2) is 65.8 Å². The van der Waals surface area contributed by atoms with Crippen molar-refractivity contribution in [2.45, 2.75) is 25.8 Å². The minimum absolute atomic E-state index is 0.0627. The van der Waals surface area contributed by atoms with Crippen LogP contribution in [0.25, 0.3) is 0 Å². The van der Waals surface area contributed by atoms with Crippen LogP contribution in [0.5, 0.6) is 0 Å². The van der Waals surface area contributed by atoms with Crippen LogP contribution in [0, 0.1) is 0 Å². The van der Waals surface area contributed by atoms with Gasteiger partial charge in [0.15, 0.2) is 0 Å². The molecule has 2 aliphatic rings. The van der Waals surface area contributed by atoms with E-state index in [1.807, 2.05) is 39.4 Å². The zero-order valence-corrected chi connectivity index (χ0v) is 17.0. The van der Waals surface area contributed by atoms with Gasteiger partial charge in [-0.25, -0.2) is 0 Å². The number of thiophene rings is 1. The maximum absolute atomic E-state index is 12.8. The Balaban J connectivity index is 1.30. The summed E-state index contributed by atoms with van der Waals surface area (Å²) in [6.07, 6.45) is 3.92. The lowest BCUT2D eigenvalue weighted by atomic mass is 10.1. The Morgan fingerprint density at radius 1 is 0.786 bits per heavy atom.